The third-order valence-corrected chi connectivity index (χ3v) is 8.04. The summed E-state index contributed by atoms with van der Waals surface area (Å²) in [6, 6.07) is 13.0. The number of fused-ring (bicyclic) bond motifs is 7. The van der Waals surface area contributed by atoms with E-state index in [-0.39, 0.29) is 5.15 Å². The molecule has 0 fully saturated rings. The van der Waals surface area contributed by atoms with Gasteiger partial charge in [0.2, 0.25) is 0 Å². The van der Waals surface area contributed by atoms with Gasteiger partial charge in [-0.15, -0.1) is 0 Å². The van der Waals surface area contributed by atoms with Gasteiger partial charge in [0.15, 0.2) is 16.7 Å². The number of nitrogens with zero attached hydrogens (tertiary/aromatic N) is 5. The first-order valence-electron chi connectivity index (χ1n) is 14.0. The third kappa shape index (κ3) is 5.29. The zero-order valence-corrected chi connectivity index (χ0v) is 25.0. The van der Waals surface area contributed by atoms with Crippen molar-refractivity contribution in [3.8, 4) is 28.3 Å². The summed E-state index contributed by atoms with van der Waals surface area (Å²) in [4.78, 5) is 4.70. The summed E-state index contributed by atoms with van der Waals surface area (Å²) in [5.74, 6) is 0.383. The SMILES string of the molecule is [B]C1([B])c2cn(C)nc2-c2ccc(F)cc2[C@@H](C)Oc2cc(cnc2NCc2ccc(B(O)O)cc2)-c2c1c(Cl)nn2CC. The summed E-state index contributed by atoms with van der Waals surface area (Å²) >= 11 is 6.76. The second-order valence-corrected chi connectivity index (χ2v) is 11.2. The fourth-order valence-corrected chi connectivity index (χ4v) is 5.91. The van der Waals surface area contributed by atoms with Gasteiger partial charge in [0.05, 0.1) is 27.1 Å². The van der Waals surface area contributed by atoms with Gasteiger partial charge < -0.3 is 20.1 Å². The van der Waals surface area contributed by atoms with Crippen molar-refractivity contribution < 1.29 is 19.2 Å². The van der Waals surface area contributed by atoms with Gasteiger partial charge in [0, 0.05) is 54.8 Å². The van der Waals surface area contributed by atoms with E-state index in [0.29, 0.717) is 69.3 Å². The van der Waals surface area contributed by atoms with Gasteiger partial charge in [0.25, 0.3) is 0 Å². The molecule has 5 aromatic rings. The van der Waals surface area contributed by atoms with E-state index >= 15 is 0 Å². The van der Waals surface area contributed by atoms with Gasteiger partial charge >= 0.3 is 7.12 Å². The molecule has 4 radical (unpaired) electrons. The highest BCUT2D eigenvalue weighted by Crippen LogP contribution is 2.45. The first kappa shape index (κ1) is 30.0. The maximum absolute atomic E-state index is 14.7. The molecule has 4 heterocycles. The Labute approximate surface area is 262 Å². The molecule has 1 aliphatic heterocycles. The van der Waals surface area contributed by atoms with Crippen LogP contribution in [0.2, 0.25) is 5.15 Å². The van der Waals surface area contributed by atoms with Crippen LogP contribution in [0.1, 0.15) is 42.2 Å². The van der Waals surface area contributed by atoms with E-state index in [1.807, 2.05) is 13.8 Å². The topological polar surface area (TPSA) is 110 Å². The molecule has 0 aliphatic carbocycles. The minimum atomic E-state index is -1.65. The minimum Gasteiger partial charge on any atom is -0.482 e. The van der Waals surface area contributed by atoms with Crippen molar-refractivity contribution in [3.05, 3.63) is 94.1 Å². The van der Waals surface area contributed by atoms with Crippen LogP contribution in [0, 0.1) is 5.82 Å². The molecular formula is C30H27B3ClFN6O3. The molecule has 44 heavy (non-hydrogen) atoms. The number of pyridine rings is 1. The summed E-state index contributed by atoms with van der Waals surface area (Å²) in [5.41, 5.74) is 4.90. The number of ether oxygens (including phenoxy) is 1. The van der Waals surface area contributed by atoms with Crippen LogP contribution in [0.4, 0.5) is 10.2 Å². The molecule has 2 aromatic carbocycles. The van der Waals surface area contributed by atoms with Crippen molar-refractivity contribution in [3.63, 3.8) is 0 Å². The van der Waals surface area contributed by atoms with Gasteiger partial charge in [0.1, 0.15) is 11.9 Å². The average molecular weight is 606 g/mol. The van der Waals surface area contributed by atoms with E-state index < -0.39 is 24.3 Å². The van der Waals surface area contributed by atoms with Crippen molar-refractivity contribution in [1.29, 1.82) is 0 Å². The van der Waals surface area contributed by atoms with E-state index in [1.165, 1.54) is 12.1 Å². The molecule has 0 unspecified atom stereocenters. The van der Waals surface area contributed by atoms with Gasteiger partial charge in [-0.3, -0.25) is 9.36 Å². The lowest BCUT2D eigenvalue weighted by Gasteiger charge is -2.29. The Hall–Kier alpha value is -4.06. The molecule has 218 valence electrons. The summed E-state index contributed by atoms with van der Waals surface area (Å²) in [6.07, 6.45) is 2.74. The molecule has 3 N–H and O–H groups in total. The Balaban J connectivity index is 1.54. The predicted octanol–water partition coefficient (Wildman–Crippen LogP) is 3.44. The highest BCUT2D eigenvalue weighted by molar-refractivity contribution is 6.58. The Morgan fingerprint density at radius 1 is 1.14 bits per heavy atom. The van der Waals surface area contributed by atoms with Gasteiger partial charge in [-0.2, -0.15) is 10.2 Å². The first-order valence-corrected chi connectivity index (χ1v) is 14.4. The Bertz CT molecular complexity index is 1860. The number of rotatable bonds is 5. The molecule has 3 aromatic heterocycles. The van der Waals surface area contributed by atoms with E-state index in [9.17, 15) is 14.4 Å². The minimum absolute atomic E-state index is 0.132. The van der Waals surface area contributed by atoms with Crippen LogP contribution in [-0.2, 0) is 25.4 Å². The lowest BCUT2D eigenvalue weighted by molar-refractivity contribution is 0.227. The van der Waals surface area contributed by atoms with Crippen LogP contribution in [-0.4, -0.2) is 57.4 Å². The molecule has 0 saturated carbocycles. The van der Waals surface area contributed by atoms with E-state index in [0.717, 1.165) is 5.56 Å². The smallest absolute Gasteiger partial charge is 0.482 e. The number of halogens is 2. The van der Waals surface area contributed by atoms with E-state index in [1.54, 1.807) is 65.2 Å². The summed E-state index contributed by atoms with van der Waals surface area (Å²) < 4.78 is 24.6. The summed E-state index contributed by atoms with van der Waals surface area (Å²) in [5, 5.41) is 29.9. The van der Waals surface area contributed by atoms with Gasteiger partial charge in [-0.25, -0.2) is 9.37 Å². The molecule has 0 saturated heterocycles. The zero-order valence-electron chi connectivity index (χ0n) is 24.3. The van der Waals surface area contributed by atoms with Crippen LogP contribution in [0.25, 0.3) is 22.5 Å². The van der Waals surface area contributed by atoms with Crippen LogP contribution >= 0.6 is 11.6 Å². The normalized spacial score (nSPS) is 15.2. The molecule has 6 rings (SSSR count). The van der Waals surface area contributed by atoms with E-state index in [4.69, 9.17) is 37.0 Å². The summed E-state index contributed by atoms with van der Waals surface area (Å²) in [7, 11) is 14.2. The molecular weight excluding hydrogens is 579 g/mol. The predicted molar refractivity (Wildman–Crippen MR) is 170 cm³/mol. The van der Waals surface area contributed by atoms with Crippen LogP contribution in [0.5, 0.6) is 5.75 Å². The highest BCUT2D eigenvalue weighted by atomic mass is 35.5. The Morgan fingerprint density at radius 2 is 1.89 bits per heavy atom. The molecule has 2 bridgehead atoms. The molecule has 14 heteroatoms. The fraction of sp³-hybridized carbons (Fsp3) is 0.233. The number of benzene rings is 2. The second kappa shape index (κ2) is 11.5. The monoisotopic (exact) mass is 606 g/mol. The number of aryl methyl sites for hydroxylation is 2. The van der Waals surface area contributed by atoms with Gasteiger partial charge in [-0.1, -0.05) is 35.9 Å². The largest absolute Gasteiger partial charge is 0.488 e. The number of aromatic nitrogens is 5. The number of anilines is 1. The maximum Gasteiger partial charge on any atom is 0.488 e. The van der Waals surface area contributed by atoms with Crippen molar-refractivity contribution >= 4 is 45.7 Å². The van der Waals surface area contributed by atoms with Crippen LogP contribution in [0.3, 0.4) is 0 Å². The van der Waals surface area contributed by atoms with Crippen molar-refractivity contribution in [1.82, 2.24) is 24.5 Å². The Kier molecular flexibility index (Phi) is 7.81. The molecule has 0 spiro atoms. The van der Waals surface area contributed by atoms with Crippen molar-refractivity contribution in [2.75, 3.05) is 5.32 Å². The fourth-order valence-electron chi connectivity index (χ4n) is 5.58. The van der Waals surface area contributed by atoms with Crippen molar-refractivity contribution in [2.45, 2.75) is 38.3 Å². The zero-order chi connectivity index (χ0) is 31.3. The lowest BCUT2D eigenvalue weighted by atomic mass is 9.47. The van der Waals surface area contributed by atoms with Crippen LogP contribution in [0.15, 0.2) is 60.9 Å². The highest BCUT2D eigenvalue weighted by Gasteiger charge is 2.37. The standard InChI is InChI=1S/C30H27B3ClFN6O3/c1-4-41-27-18-11-24(29(37-14-18)36-13-17-5-7-19(8-6-17)33(42)43)44-16(2)22-12-20(35)9-10-21(22)26-23(15-40(3)38-26)30(31,32)25(27)28(34)39-41/h5-12,14-16,42-43H,4,13H2,1-3H3,(H,36,37)/t16-/m1/s1. The maximum atomic E-state index is 14.7. The quantitative estimate of drug-likeness (QED) is 0.263. The number of hydrogen-bond donors (Lipinski definition) is 3. The van der Waals surface area contributed by atoms with Crippen LogP contribution < -0.4 is 15.5 Å². The van der Waals surface area contributed by atoms with Crippen molar-refractivity contribution in [2.24, 2.45) is 7.05 Å². The average Bonchev–Trinajstić information content (AvgIpc) is 3.56. The first-order chi connectivity index (χ1) is 21.0. The molecule has 0 amide bonds. The third-order valence-electron chi connectivity index (χ3n) is 7.77. The second-order valence-electron chi connectivity index (χ2n) is 10.8. The molecule has 1 aliphatic rings. The number of hydrogen-bond acceptors (Lipinski definition) is 7. The Morgan fingerprint density at radius 3 is 2.59 bits per heavy atom. The summed E-state index contributed by atoms with van der Waals surface area (Å²) in [6.45, 7) is 4.58. The van der Waals surface area contributed by atoms with Gasteiger partial charge in [-0.05, 0) is 59.9 Å². The molecule has 1 atom stereocenters. The number of nitrogens with one attached hydrogen (secondary N) is 1. The molecule has 9 nitrogen and oxygen atoms in total. The lowest BCUT2D eigenvalue weighted by Crippen LogP contribution is -2.30. The van der Waals surface area contributed by atoms with E-state index in [2.05, 4.69) is 15.5 Å².